The molecular weight excluding hydrogens is 276 g/mol. The van der Waals surface area contributed by atoms with Gasteiger partial charge in [-0.05, 0) is 37.3 Å². The molecule has 3 rings (SSSR count). The first kappa shape index (κ1) is 14.9. The van der Waals surface area contributed by atoms with Crippen molar-refractivity contribution in [2.75, 3.05) is 24.5 Å². The van der Waals surface area contributed by atoms with E-state index in [1.807, 2.05) is 30.0 Å². The standard InChI is InChI=1S/C17H24N4O/c1-3-18-17(20-14-10-12(14)2)19-11-16(22)21-9-8-13-6-4-5-7-15(13)21/h4-7,12,14H,3,8-11H2,1-2H3,(H2,18,19,20). The van der Waals surface area contributed by atoms with Crippen LogP contribution in [0, 0.1) is 5.92 Å². The minimum atomic E-state index is 0.0611. The number of guanidine groups is 1. The molecule has 5 heteroatoms. The third-order valence-corrected chi connectivity index (χ3v) is 4.34. The first-order chi connectivity index (χ1) is 10.7. The number of anilines is 1. The molecule has 1 aromatic rings. The van der Waals surface area contributed by atoms with Crippen molar-refractivity contribution in [1.29, 1.82) is 0 Å². The number of benzene rings is 1. The molecule has 2 unspecified atom stereocenters. The first-order valence-corrected chi connectivity index (χ1v) is 8.12. The minimum absolute atomic E-state index is 0.0611. The average molecular weight is 300 g/mol. The number of amides is 1. The second kappa shape index (κ2) is 6.38. The number of hydrogen-bond acceptors (Lipinski definition) is 2. The van der Waals surface area contributed by atoms with Crippen LogP contribution in [0.2, 0.25) is 0 Å². The Kier molecular flexibility index (Phi) is 4.32. The number of carbonyl (C=O) groups excluding carboxylic acids is 1. The fraction of sp³-hybridized carbons (Fsp3) is 0.529. The molecule has 1 fully saturated rings. The Hall–Kier alpha value is -2.04. The predicted molar refractivity (Wildman–Crippen MR) is 89.2 cm³/mol. The Bertz CT molecular complexity index is 584. The Morgan fingerprint density at radius 3 is 2.91 bits per heavy atom. The van der Waals surface area contributed by atoms with E-state index in [1.165, 1.54) is 12.0 Å². The van der Waals surface area contributed by atoms with Gasteiger partial charge in [-0.25, -0.2) is 4.99 Å². The Morgan fingerprint density at radius 2 is 2.18 bits per heavy atom. The van der Waals surface area contributed by atoms with Crippen LogP contribution in [0.15, 0.2) is 29.3 Å². The molecule has 1 aromatic carbocycles. The van der Waals surface area contributed by atoms with Gasteiger partial charge >= 0.3 is 0 Å². The fourth-order valence-corrected chi connectivity index (χ4v) is 2.85. The van der Waals surface area contributed by atoms with Crippen molar-refractivity contribution in [2.24, 2.45) is 10.9 Å². The second-order valence-electron chi connectivity index (χ2n) is 6.08. The van der Waals surface area contributed by atoms with Crippen molar-refractivity contribution < 1.29 is 4.79 Å². The van der Waals surface area contributed by atoms with Gasteiger partial charge in [-0.15, -0.1) is 0 Å². The maximum Gasteiger partial charge on any atom is 0.248 e. The summed E-state index contributed by atoms with van der Waals surface area (Å²) in [5.74, 6) is 1.51. The van der Waals surface area contributed by atoms with E-state index >= 15 is 0 Å². The summed E-state index contributed by atoms with van der Waals surface area (Å²) in [6.45, 7) is 6.00. The number of carbonyl (C=O) groups is 1. The van der Waals surface area contributed by atoms with Crippen LogP contribution in [0.1, 0.15) is 25.8 Å². The molecule has 1 saturated carbocycles. The third kappa shape index (κ3) is 3.24. The van der Waals surface area contributed by atoms with E-state index in [9.17, 15) is 4.79 Å². The molecule has 5 nitrogen and oxygen atoms in total. The zero-order chi connectivity index (χ0) is 15.5. The highest BCUT2D eigenvalue weighted by Crippen LogP contribution is 2.29. The van der Waals surface area contributed by atoms with E-state index in [2.05, 4.69) is 28.6 Å². The van der Waals surface area contributed by atoms with Crippen molar-refractivity contribution in [2.45, 2.75) is 32.7 Å². The lowest BCUT2D eigenvalue weighted by Crippen LogP contribution is -2.40. The van der Waals surface area contributed by atoms with Crippen molar-refractivity contribution in [3.8, 4) is 0 Å². The van der Waals surface area contributed by atoms with E-state index in [1.54, 1.807) is 0 Å². The lowest BCUT2D eigenvalue weighted by molar-refractivity contribution is -0.117. The van der Waals surface area contributed by atoms with Crippen LogP contribution in [0.5, 0.6) is 0 Å². The number of para-hydroxylation sites is 1. The molecule has 0 aromatic heterocycles. The van der Waals surface area contributed by atoms with Crippen LogP contribution in [0.3, 0.4) is 0 Å². The SMILES string of the molecule is CCNC(=NCC(=O)N1CCc2ccccc21)NC1CC1C. The van der Waals surface area contributed by atoms with E-state index in [4.69, 9.17) is 0 Å². The van der Waals surface area contributed by atoms with Gasteiger partial charge in [-0.3, -0.25) is 4.79 Å². The van der Waals surface area contributed by atoms with Gasteiger partial charge in [-0.1, -0.05) is 25.1 Å². The Morgan fingerprint density at radius 1 is 1.41 bits per heavy atom. The second-order valence-corrected chi connectivity index (χ2v) is 6.08. The van der Waals surface area contributed by atoms with Crippen molar-refractivity contribution in [1.82, 2.24) is 10.6 Å². The molecule has 1 heterocycles. The van der Waals surface area contributed by atoms with Crippen LogP contribution < -0.4 is 15.5 Å². The summed E-state index contributed by atoms with van der Waals surface area (Å²) in [5.41, 5.74) is 2.29. The Labute approximate surface area is 131 Å². The van der Waals surface area contributed by atoms with Gasteiger partial charge in [0.15, 0.2) is 5.96 Å². The predicted octanol–water partition coefficient (Wildman–Crippen LogP) is 1.54. The van der Waals surface area contributed by atoms with Gasteiger partial charge in [0.25, 0.3) is 0 Å². The highest BCUT2D eigenvalue weighted by Gasteiger charge is 2.33. The summed E-state index contributed by atoms with van der Waals surface area (Å²) < 4.78 is 0. The van der Waals surface area contributed by atoms with Crippen LogP contribution >= 0.6 is 0 Å². The lowest BCUT2D eigenvalue weighted by Gasteiger charge is -2.17. The largest absolute Gasteiger partial charge is 0.357 e. The monoisotopic (exact) mass is 300 g/mol. The number of aliphatic imine (C=N–C) groups is 1. The van der Waals surface area contributed by atoms with Gasteiger partial charge < -0.3 is 15.5 Å². The molecule has 1 aliphatic heterocycles. The third-order valence-electron chi connectivity index (χ3n) is 4.34. The van der Waals surface area contributed by atoms with Gasteiger partial charge in [0.2, 0.25) is 5.91 Å². The molecule has 0 bridgehead atoms. The molecule has 2 aliphatic rings. The minimum Gasteiger partial charge on any atom is -0.357 e. The average Bonchev–Trinajstić information content (AvgIpc) is 3.04. The molecule has 1 aliphatic carbocycles. The highest BCUT2D eigenvalue weighted by molar-refractivity contribution is 5.98. The van der Waals surface area contributed by atoms with Crippen molar-refractivity contribution >= 4 is 17.6 Å². The normalized spacial score (nSPS) is 23.2. The van der Waals surface area contributed by atoms with E-state index in [0.29, 0.717) is 12.0 Å². The number of hydrogen-bond donors (Lipinski definition) is 2. The quantitative estimate of drug-likeness (QED) is 0.655. The van der Waals surface area contributed by atoms with Crippen molar-refractivity contribution in [3.63, 3.8) is 0 Å². The van der Waals surface area contributed by atoms with Gasteiger partial charge in [-0.2, -0.15) is 0 Å². The van der Waals surface area contributed by atoms with Crippen LogP contribution in [-0.4, -0.2) is 37.5 Å². The van der Waals surface area contributed by atoms with E-state index in [-0.39, 0.29) is 12.5 Å². The summed E-state index contributed by atoms with van der Waals surface area (Å²) in [6.07, 6.45) is 2.11. The lowest BCUT2D eigenvalue weighted by atomic mass is 10.2. The molecule has 1 amide bonds. The maximum absolute atomic E-state index is 12.4. The van der Waals surface area contributed by atoms with Crippen molar-refractivity contribution in [3.05, 3.63) is 29.8 Å². The molecule has 118 valence electrons. The summed E-state index contributed by atoms with van der Waals surface area (Å²) in [5, 5.41) is 6.58. The summed E-state index contributed by atoms with van der Waals surface area (Å²) in [6, 6.07) is 8.61. The molecular formula is C17H24N4O. The van der Waals surface area contributed by atoms with Gasteiger partial charge in [0.05, 0.1) is 0 Å². The van der Waals surface area contributed by atoms with Crippen LogP contribution in [-0.2, 0) is 11.2 Å². The van der Waals surface area contributed by atoms with Crippen LogP contribution in [0.4, 0.5) is 5.69 Å². The zero-order valence-corrected chi connectivity index (χ0v) is 13.3. The fourth-order valence-electron chi connectivity index (χ4n) is 2.85. The number of rotatable bonds is 4. The summed E-state index contributed by atoms with van der Waals surface area (Å²) >= 11 is 0. The molecule has 0 radical (unpaired) electrons. The molecule has 2 N–H and O–H groups in total. The van der Waals surface area contributed by atoms with Crippen LogP contribution in [0.25, 0.3) is 0 Å². The maximum atomic E-state index is 12.4. The number of fused-ring (bicyclic) bond motifs is 1. The zero-order valence-electron chi connectivity index (χ0n) is 13.3. The molecule has 22 heavy (non-hydrogen) atoms. The smallest absolute Gasteiger partial charge is 0.248 e. The summed E-state index contributed by atoms with van der Waals surface area (Å²) in [4.78, 5) is 18.7. The number of nitrogens with zero attached hydrogens (tertiary/aromatic N) is 2. The summed E-state index contributed by atoms with van der Waals surface area (Å²) in [7, 11) is 0. The topological polar surface area (TPSA) is 56.7 Å². The molecule has 0 spiro atoms. The molecule has 0 saturated heterocycles. The highest BCUT2D eigenvalue weighted by atomic mass is 16.2. The number of nitrogens with one attached hydrogen (secondary N) is 2. The first-order valence-electron chi connectivity index (χ1n) is 8.12. The van der Waals surface area contributed by atoms with E-state index < -0.39 is 0 Å². The van der Waals surface area contributed by atoms with Gasteiger partial charge in [0, 0.05) is 24.8 Å². The van der Waals surface area contributed by atoms with E-state index in [0.717, 1.165) is 31.2 Å². The Balaban J connectivity index is 1.62. The van der Waals surface area contributed by atoms with Gasteiger partial charge in [0.1, 0.15) is 6.54 Å². The molecule has 2 atom stereocenters.